The van der Waals surface area contributed by atoms with Gasteiger partial charge in [0.25, 0.3) is 0 Å². The Morgan fingerprint density at radius 2 is 1.79 bits per heavy atom. The summed E-state index contributed by atoms with van der Waals surface area (Å²) in [5.74, 6) is 0.739. The molecule has 0 bridgehead atoms. The molecule has 3 nitrogen and oxygen atoms in total. The van der Waals surface area contributed by atoms with Crippen LogP contribution in [0.25, 0.3) is 0 Å². The van der Waals surface area contributed by atoms with Crippen LogP contribution in [0.2, 0.25) is 0 Å². The lowest BCUT2D eigenvalue weighted by Crippen LogP contribution is -2.45. The van der Waals surface area contributed by atoms with Crippen LogP contribution in [-0.2, 0) is 10.0 Å². The van der Waals surface area contributed by atoms with E-state index in [0.29, 0.717) is 23.3 Å². The van der Waals surface area contributed by atoms with Crippen molar-refractivity contribution >= 4 is 10.0 Å². The van der Waals surface area contributed by atoms with E-state index < -0.39 is 10.0 Å². The molecule has 1 heterocycles. The number of nitrogens with zero attached hydrogens (tertiary/aromatic N) is 1. The normalized spacial score (nSPS) is 29.0. The molecule has 0 N–H and O–H groups in total. The van der Waals surface area contributed by atoms with Gasteiger partial charge in [0.05, 0.1) is 4.90 Å². The third-order valence-electron chi connectivity index (χ3n) is 4.47. The van der Waals surface area contributed by atoms with Crippen molar-refractivity contribution in [2.75, 3.05) is 6.54 Å². The molecule has 19 heavy (non-hydrogen) atoms. The van der Waals surface area contributed by atoms with Crippen LogP contribution in [0.5, 0.6) is 0 Å². The highest BCUT2D eigenvalue weighted by atomic mass is 32.2. The molecule has 0 saturated carbocycles. The summed E-state index contributed by atoms with van der Waals surface area (Å²) in [6.07, 6.45) is 4.26. The number of aryl methyl sites for hydroxylation is 1. The van der Waals surface area contributed by atoms with E-state index in [0.717, 1.165) is 5.56 Å². The molecule has 2 atom stereocenters. The van der Waals surface area contributed by atoms with Crippen LogP contribution in [0.3, 0.4) is 0 Å². The highest BCUT2D eigenvalue weighted by Gasteiger charge is 2.53. The fraction of sp³-hybridized carbons (Fsp3) is 0.467. The molecule has 102 valence electrons. The second-order valence-corrected chi connectivity index (χ2v) is 7.94. The van der Waals surface area contributed by atoms with Gasteiger partial charge in [-0.25, -0.2) is 8.42 Å². The van der Waals surface area contributed by atoms with Crippen molar-refractivity contribution < 1.29 is 8.42 Å². The van der Waals surface area contributed by atoms with E-state index >= 15 is 0 Å². The van der Waals surface area contributed by atoms with E-state index in [2.05, 4.69) is 12.2 Å². The van der Waals surface area contributed by atoms with E-state index in [-0.39, 0.29) is 5.54 Å². The Bertz CT molecular complexity index is 629. The second kappa shape index (κ2) is 3.93. The van der Waals surface area contributed by atoms with Crippen molar-refractivity contribution in [3.63, 3.8) is 0 Å². The van der Waals surface area contributed by atoms with Gasteiger partial charge in [0, 0.05) is 18.0 Å². The number of rotatable bonds is 2. The van der Waals surface area contributed by atoms with Crippen molar-refractivity contribution in [1.82, 2.24) is 4.31 Å². The largest absolute Gasteiger partial charge is 0.243 e. The van der Waals surface area contributed by atoms with Crippen molar-refractivity contribution in [3.05, 3.63) is 42.0 Å². The van der Waals surface area contributed by atoms with E-state index in [9.17, 15) is 8.42 Å². The summed E-state index contributed by atoms with van der Waals surface area (Å²) in [5.41, 5.74) is 0.740. The van der Waals surface area contributed by atoms with Crippen LogP contribution in [-0.4, -0.2) is 24.8 Å². The fourth-order valence-electron chi connectivity index (χ4n) is 3.15. The quantitative estimate of drug-likeness (QED) is 0.779. The fourth-order valence-corrected chi connectivity index (χ4v) is 5.00. The molecule has 1 saturated heterocycles. The minimum atomic E-state index is -3.40. The second-order valence-electron chi connectivity index (χ2n) is 6.08. The van der Waals surface area contributed by atoms with E-state index in [1.165, 1.54) is 0 Å². The highest BCUT2D eigenvalue weighted by Crippen LogP contribution is 2.47. The van der Waals surface area contributed by atoms with Crippen molar-refractivity contribution in [2.24, 2.45) is 11.8 Å². The Labute approximate surface area is 115 Å². The SMILES string of the molecule is Cc1ccc(S(=O)(=O)N2C[C@@H]3C=C[C@@H]3C2(C)C)cc1. The molecular weight excluding hydrogens is 258 g/mol. The minimum Gasteiger partial charge on any atom is -0.207 e. The molecule has 0 spiro atoms. The minimum absolute atomic E-state index is 0.330. The number of hydrogen-bond donors (Lipinski definition) is 0. The number of sulfonamides is 1. The molecule has 1 aliphatic heterocycles. The standard InChI is InChI=1S/C15H19NO2S/c1-11-4-7-13(8-5-11)19(17,18)16-10-12-6-9-14(12)15(16,2)3/h4-9,12,14H,10H2,1-3H3/t12-,14-/m0/s1. The Hall–Kier alpha value is -1.13. The van der Waals surface area contributed by atoms with Gasteiger partial charge in [-0.15, -0.1) is 0 Å². The van der Waals surface area contributed by atoms with Crippen LogP contribution >= 0.6 is 0 Å². The average Bonchev–Trinajstić information content (AvgIpc) is 2.44. The van der Waals surface area contributed by atoms with Gasteiger partial charge in [0.1, 0.15) is 0 Å². The summed E-state index contributed by atoms with van der Waals surface area (Å²) >= 11 is 0. The lowest BCUT2D eigenvalue weighted by Gasteiger charge is -2.36. The van der Waals surface area contributed by atoms with Gasteiger partial charge in [-0.1, -0.05) is 29.8 Å². The van der Waals surface area contributed by atoms with Crippen LogP contribution in [0.15, 0.2) is 41.3 Å². The lowest BCUT2D eigenvalue weighted by molar-refractivity contribution is 0.249. The summed E-state index contributed by atoms with van der Waals surface area (Å²) in [6.45, 7) is 6.60. The maximum Gasteiger partial charge on any atom is 0.243 e. The summed E-state index contributed by atoms with van der Waals surface area (Å²) in [7, 11) is -3.40. The third-order valence-corrected chi connectivity index (χ3v) is 6.54. The summed E-state index contributed by atoms with van der Waals surface area (Å²) in [4.78, 5) is 0.396. The van der Waals surface area contributed by atoms with Crippen LogP contribution in [0.4, 0.5) is 0 Å². The molecule has 1 aromatic rings. The lowest BCUT2D eigenvalue weighted by atomic mass is 9.75. The summed E-state index contributed by atoms with van der Waals surface area (Å²) in [6, 6.07) is 7.11. The van der Waals surface area contributed by atoms with Gasteiger partial charge in [-0.05, 0) is 38.8 Å². The molecule has 0 amide bonds. The molecule has 2 aliphatic rings. The predicted molar refractivity (Wildman–Crippen MR) is 75.3 cm³/mol. The number of fused-ring (bicyclic) bond motifs is 1. The first-order chi connectivity index (χ1) is 8.83. The smallest absolute Gasteiger partial charge is 0.207 e. The van der Waals surface area contributed by atoms with Gasteiger partial charge in [0.15, 0.2) is 0 Å². The van der Waals surface area contributed by atoms with Gasteiger partial charge in [-0.3, -0.25) is 0 Å². The Kier molecular flexibility index (Phi) is 2.67. The van der Waals surface area contributed by atoms with Gasteiger partial charge in [0.2, 0.25) is 10.0 Å². The molecule has 3 rings (SSSR count). The van der Waals surface area contributed by atoms with Gasteiger partial charge < -0.3 is 0 Å². The average molecular weight is 277 g/mol. The van der Waals surface area contributed by atoms with E-state index in [1.807, 2.05) is 32.9 Å². The number of hydrogen-bond acceptors (Lipinski definition) is 2. The van der Waals surface area contributed by atoms with Crippen molar-refractivity contribution in [1.29, 1.82) is 0 Å². The molecule has 0 aromatic heterocycles. The van der Waals surface area contributed by atoms with Gasteiger partial charge in [-0.2, -0.15) is 4.31 Å². The Morgan fingerprint density at radius 1 is 1.16 bits per heavy atom. The highest BCUT2D eigenvalue weighted by molar-refractivity contribution is 7.89. The first kappa shape index (κ1) is 12.9. The topological polar surface area (TPSA) is 37.4 Å². The van der Waals surface area contributed by atoms with E-state index in [1.54, 1.807) is 16.4 Å². The maximum atomic E-state index is 12.8. The first-order valence-electron chi connectivity index (χ1n) is 6.61. The first-order valence-corrected chi connectivity index (χ1v) is 8.05. The molecule has 4 heteroatoms. The Morgan fingerprint density at radius 3 is 2.21 bits per heavy atom. The molecule has 1 aromatic carbocycles. The molecule has 0 unspecified atom stereocenters. The monoisotopic (exact) mass is 277 g/mol. The van der Waals surface area contributed by atoms with Gasteiger partial charge >= 0.3 is 0 Å². The number of benzene rings is 1. The zero-order valence-electron chi connectivity index (χ0n) is 11.5. The predicted octanol–water partition coefficient (Wildman–Crippen LogP) is 2.58. The third kappa shape index (κ3) is 1.77. The Balaban J connectivity index is 2.00. The maximum absolute atomic E-state index is 12.8. The molecule has 1 fully saturated rings. The summed E-state index contributed by atoms with van der Waals surface area (Å²) < 4.78 is 27.2. The van der Waals surface area contributed by atoms with Crippen molar-refractivity contribution in [3.8, 4) is 0 Å². The molecule has 1 aliphatic carbocycles. The van der Waals surface area contributed by atoms with Crippen molar-refractivity contribution in [2.45, 2.75) is 31.2 Å². The van der Waals surface area contributed by atoms with Crippen LogP contribution < -0.4 is 0 Å². The zero-order chi connectivity index (χ0) is 13.8. The molecule has 0 radical (unpaired) electrons. The van der Waals surface area contributed by atoms with Crippen LogP contribution in [0, 0.1) is 18.8 Å². The summed E-state index contributed by atoms with van der Waals surface area (Å²) in [5, 5.41) is 0. The van der Waals surface area contributed by atoms with E-state index in [4.69, 9.17) is 0 Å². The van der Waals surface area contributed by atoms with Crippen LogP contribution in [0.1, 0.15) is 19.4 Å². The molecular formula is C15H19NO2S. The zero-order valence-corrected chi connectivity index (χ0v) is 12.3.